The molecule has 1 aliphatic carbocycles. The third kappa shape index (κ3) is 1.60. The van der Waals surface area contributed by atoms with Crippen molar-refractivity contribution in [2.24, 2.45) is 5.18 Å². The Morgan fingerprint density at radius 3 is 2.64 bits per heavy atom. The highest BCUT2D eigenvalue weighted by Gasteiger charge is 2.04. The summed E-state index contributed by atoms with van der Waals surface area (Å²) in [6.07, 6.45) is 6.67. The molecule has 0 fully saturated rings. The molecule has 1 aliphatic rings. The lowest BCUT2D eigenvalue weighted by molar-refractivity contribution is 0.809. The second-order valence-corrected chi connectivity index (χ2v) is 3.66. The number of nitrogens with zero attached hydrogens (tertiary/aromatic N) is 1. The van der Waals surface area contributed by atoms with Crippen molar-refractivity contribution in [3.63, 3.8) is 0 Å². The predicted octanol–water partition coefficient (Wildman–Crippen LogP) is 1.87. The highest BCUT2D eigenvalue weighted by molar-refractivity contribution is 5.39. The molecule has 2 rings (SSSR count). The molecule has 1 aromatic carbocycles. The molecule has 0 spiro atoms. The predicted molar refractivity (Wildman–Crippen MR) is 58.1 cm³/mol. The SMILES string of the molecule is CC(N=O)c1ccc2c(c1)=CCCC=2. The fourth-order valence-electron chi connectivity index (χ4n) is 1.75. The van der Waals surface area contributed by atoms with Crippen LogP contribution >= 0.6 is 0 Å². The van der Waals surface area contributed by atoms with Crippen molar-refractivity contribution in [2.75, 3.05) is 0 Å². The van der Waals surface area contributed by atoms with Gasteiger partial charge < -0.3 is 0 Å². The van der Waals surface area contributed by atoms with E-state index in [9.17, 15) is 4.91 Å². The molecule has 1 atom stereocenters. The van der Waals surface area contributed by atoms with Gasteiger partial charge >= 0.3 is 0 Å². The molecule has 0 bridgehead atoms. The first-order chi connectivity index (χ1) is 6.81. The van der Waals surface area contributed by atoms with Crippen LogP contribution in [0.2, 0.25) is 0 Å². The number of hydrogen-bond acceptors (Lipinski definition) is 2. The third-order valence-corrected chi connectivity index (χ3v) is 2.65. The van der Waals surface area contributed by atoms with Crippen LogP contribution in [0, 0.1) is 4.91 Å². The summed E-state index contributed by atoms with van der Waals surface area (Å²) in [4.78, 5) is 10.4. The average molecular weight is 187 g/mol. The van der Waals surface area contributed by atoms with Crippen LogP contribution in [0.3, 0.4) is 0 Å². The summed E-state index contributed by atoms with van der Waals surface area (Å²) in [7, 11) is 0. The Morgan fingerprint density at radius 1 is 1.21 bits per heavy atom. The fourth-order valence-corrected chi connectivity index (χ4v) is 1.75. The first-order valence-electron chi connectivity index (χ1n) is 4.94. The average Bonchev–Trinajstić information content (AvgIpc) is 2.27. The summed E-state index contributed by atoms with van der Waals surface area (Å²) in [5.74, 6) is 0. The molecule has 1 aromatic rings. The molecule has 0 amide bonds. The van der Waals surface area contributed by atoms with E-state index in [2.05, 4.69) is 29.5 Å². The van der Waals surface area contributed by atoms with Gasteiger partial charge in [0.25, 0.3) is 0 Å². The normalized spacial score (nSPS) is 16.1. The van der Waals surface area contributed by atoms with Gasteiger partial charge in [0.15, 0.2) is 0 Å². The van der Waals surface area contributed by atoms with Crippen LogP contribution in [0.15, 0.2) is 23.4 Å². The molecule has 0 heterocycles. The van der Waals surface area contributed by atoms with Crippen molar-refractivity contribution in [1.29, 1.82) is 0 Å². The van der Waals surface area contributed by atoms with Gasteiger partial charge in [-0.3, -0.25) is 0 Å². The number of nitroso groups, excluding NO2 is 1. The maximum atomic E-state index is 10.4. The smallest absolute Gasteiger partial charge is 0.114 e. The van der Waals surface area contributed by atoms with E-state index in [0.717, 1.165) is 18.4 Å². The molecule has 0 radical (unpaired) electrons. The zero-order valence-corrected chi connectivity index (χ0v) is 8.23. The van der Waals surface area contributed by atoms with Crippen molar-refractivity contribution >= 4 is 12.2 Å². The van der Waals surface area contributed by atoms with Crippen LogP contribution in [0.1, 0.15) is 31.4 Å². The van der Waals surface area contributed by atoms with E-state index in [0.29, 0.717) is 0 Å². The van der Waals surface area contributed by atoms with Gasteiger partial charge in [-0.05, 0) is 41.8 Å². The van der Waals surface area contributed by atoms with Gasteiger partial charge in [-0.25, -0.2) is 0 Å². The molecule has 2 nitrogen and oxygen atoms in total. The van der Waals surface area contributed by atoms with E-state index in [1.807, 2.05) is 13.0 Å². The molecule has 0 N–H and O–H groups in total. The molecule has 0 saturated heterocycles. The minimum Gasteiger partial charge on any atom is -0.150 e. The van der Waals surface area contributed by atoms with Crippen LogP contribution < -0.4 is 10.4 Å². The quantitative estimate of drug-likeness (QED) is 0.650. The van der Waals surface area contributed by atoms with Crippen LogP contribution in [0.25, 0.3) is 12.2 Å². The molecule has 0 aromatic heterocycles. The molecule has 14 heavy (non-hydrogen) atoms. The van der Waals surface area contributed by atoms with E-state index in [-0.39, 0.29) is 6.04 Å². The Balaban J connectivity index is 2.55. The molecule has 0 aliphatic heterocycles. The Kier molecular flexibility index (Phi) is 2.44. The minimum atomic E-state index is -0.240. The minimum absolute atomic E-state index is 0.240. The summed E-state index contributed by atoms with van der Waals surface area (Å²) >= 11 is 0. The Bertz CT molecular complexity index is 462. The van der Waals surface area contributed by atoms with Crippen molar-refractivity contribution in [2.45, 2.75) is 25.8 Å². The third-order valence-electron chi connectivity index (χ3n) is 2.65. The molecular formula is C12H13NO. The second-order valence-electron chi connectivity index (χ2n) is 3.66. The van der Waals surface area contributed by atoms with E-state index >= 15 is 0 Å². The van der Waals surface area contributed by atoms with Gasteiger partial charge in [0.2, 0.25) is 0 Å². The first-order valence-corrected chi connectivity index (χ1v) is 4.94. The van der Waals surface area contributed by atoms with E-state index in [1.165, 1.54) is 10.4 Å². The van der Waals surface area contributed by atoms with Crippen molar-refractivity contribution in [1.82, 2.24) is 0 Å². The van der Waals surface area contributed by atoms with Gasteiger partial charge in [-0.15, -0.1) is 0 Å². The molecular weight excluding hydrogens is 174 g/mol. The second kappa shape index (κ2) is 3.74. The van der Waals surface area contributed by atoms with Crippen LogP contribution in [0.5, 0.6) is 0 Å². The fraction of sp³-hybridized carbons (Fsp3) is 0.333. The number of benzene rings is 1. The maximum absolute atomic E-state index is 10.4. The molecule has 72 valence electrons. The van der Waals surface area contributed by atoms with Crippen molar-refractivity contribution < 1.29 is 0 Å². The lowest BCUT2D eigenvalue weighted by Crippen LogP contribution is -2.26. The van der Waals surface area contributed by atoms with Crippen LogP contribution in [0.4, 0.5) is 0 Å². The highest BCUT2D eigenvalue weighted by atomic mass is 16.3. The summed E-state index contributed by atoms with van der Waals surface area (Å²) in [6.45, 7) is 1.82. The summed E-state index contributed by atoms with van der Waals surface area (Å²) in [6, 6.07) is 5.88. The van der Waals surface area contributed by atoms with Gasteiger partial charge in [0, 0.05) is 0 Å². The van der Waals surface area contributed by atoms with Crippen molar-refractivity contribution in [3.8, 4) is 0 Å². The van der Waals surface area contributed by atoms with Crippen LogP contribution in [-0.4, -0.2) is 0 Å². The Morgan fingerprint density at radius 2 is 1.93 bits per heavy atom. The largest absolute Gasteiger partial charge is 0.150 e. The Labute approximate surface area is 82.9 Å². The number of fused-ring (bicyclic) bond motifs is 1. The van der Waals surface area contributed by atoms with Crippen molar-refractivity contribution in [3.05, 3.63) is 39.1 Å². The van der Waals surface area contributed by atoms with Gasteiger partial charge in [0.05, 0.1) is 0 Å². The first kappa shape index (κ1) is 9.13. The number of rotatable bonds is 2. The lowest BCUT2D eigenvalue weighted by atomic mass is 10.0. The summed E-state index contributed by atoms with van der Waals surface area (Å²) in [5.41, 5.74) is 1.00. The number of hydrogen-bond donors (Lipinski definition) is 0. The Hall–Kier alpha value is -1.44. The summed E-state index contributed by atoms with van der Waals surface area (Å²) in [5, 5.41) is 5.55. The molecule has 1 unspecified atom stereocenters. The highest BCUT2D eigenvalue weighted by Crippen LogP contribution is 2.12. The zero-order valence-electron chi connectivity index (χ0n) is 8.23. The molecule has 0 saturated carbocycles. The standard InChI is InChI=1S/C12H13NO/c1-9(13-14)11-7-6-10-4-2-3-5-12(10)8-11/h4-9H,2-3H2,1H3. The van der Waals surface area contributed by atoms with Gasteiger partial charge in [0.1, 0.15) is 6.04 Å². The van der Waals surface area contributed by atoms with E-state index in [4.69, 9.17) is 0 Å². The maximum Gasteiger partial charge on any atom is 0.114 e. The van der Waals surface area contributed by atoms with E-state index in [1.54, 1.807) is 0 Å². The molecule has 2 heteroatoms. The van der Waals surface area contributed by atoms with E-state index < -0.39 is 0 Å². The van der Waals surface area contributed by atoms with Gasteiger partial charge in [-0.1, -0.05) is 29.5 Å². The zero-order chi connectivity index (χ0) is 9.97. The van der Waals surface area contributed by atoms with Crippen LogP contribution in [-0.2, 0) is 0 Å². The van der Waals surface area contributed by atoms with Gasteiger partial charge in [-0.2, -0.15) is 4.91 Å². The monoisotopic (exact) mass is 187 g/mol. The summed E-state index contributed by atoms with van der Waals surface area (Å²) < 4.78 is 0. The lowest BCUT2D eigenvalue weighted by Gasteiger charge is -2.05. The topological polar surface area (TPSA) is 29.4 Å².